The third-order valence-corrected chi connectivity index (χ3v) is 7.23. The molecule has 0 bridgehead atoms. The van der Waals surface area contributed by atoms with Crippen LogP contribution >= 0.6 is 0 Å². The van der Waals surface area contributed by atoms with E-state index in [9.17, 15) is 8.42 Å². The molecule has 0 amide bonds. The summed E-state index contributed by atoms with van der Waals surface area (Å²) >= 11 is 0. The maximum atomic E-state index is 12.7. The number of sulfone groups is 1. The van der Waals surface area contributed by atoms with Gasteiger partial charge in [0.05, 0.1) is 16.2 Å². The van der Waals surface area contributed by atoms with Crippen molar-refractivity contribution >= 4 is 32.2 Å². The third-order valence-electron chi connectivity index (χ3n) is 5.44. The van der Waals surface area contributed by atoms with Gasteiger partial charge in [0.15, 0.2) is 9.84 Å². The van der Waals surface area contributed by atoms with Crippen molar-refractivity contribution in [2.24, 2.45) is 0 Å². The van der Waals surface area contributed by atoms with Gasteiger partial charge in [0.25, 0.3) is 0 Å². The Kier molecular flexibility index (Phi) is 5.92. The van der Waals surface area contributed by atoms with Gasteiger partial charge in [-0.3, -0.25) is 0 Å². The minimum Gasteiger partial charge on any atom is -0.383 e. The molecular weight excluding hydrogens is 396 g/mol. The predicted molar refractivity (Wildman–Crippen MR) is 123 cm³/mol. The Bertz CT molecular complexity index is 1160. The standard InChI is InChI=1S/C23H28N4O2S/c1-3-24-10-11-25-21-15-23(26-20-9-8-17(2)14-19(20)21)27-12-13-30(28,29)22-7-5-4-6-18(22)16-27/h4-9,14-15,24H,3,10-13,16H2,1-2H3,(H,25,26). The molecule has 2 heterocycles. The molecule has 0 spiro atoms. The number of aromatic nitrogens is 1. The molecule has 0 radical (unpaired) electrons. The fourth-order valence-electron chi connectivity index (χ4n) is 3.85. The molecule has 1 aliphatic heterocycles. The number of rotatable bonds is 6. The van der Waals surface area contributed by atoms with Crippen LogP contribution in [0.2, 0.25) is 0 Å². The molecule has 0 saturated carbocycles. The molecule has 0 aliphatic carbocycles. The Morgan fingerprint density at radius 3 is 2.77 bits per heavy atom. The molecule has 6 nitrogen and oxygen atoms in total. The van der Waals surface area contributed by atoms with Crippen LogP contribution in [0.25, 0.3) is 10.9 Å². The summed E-state index contributed by atoms with van der Waals surface area (Å²) in [5.74, 6) is 0.880. The molecule has 158 valence electrons. The van der Waals surface area contributed by atoms with Crippen LogP contribution in [-0.2, 0) is 16.4 Å². The lowest BCUT2D eigenvalue weighted by atomic mass is 10.1. The van der Waals surface area contributed by atoms with Crippen molar-refractivity contribution in [1.82, 2.24) is 10.3 Å². The van der Waals surface area contributed by atoms with E-state index in [-0.39, 0.29) is 5.75 Å². The molecule has 0 unspecified atom stereocenters. The summed E-state index contributed by atoms with van der Waals surface area (Å²) in [4.78, 5) is 7.39. The third kappa shape index (κ3) is 4.27. The van der Waals surface area contributed by atoms with Crippen molar-refractivity contribution in [2.45, 2.75) is 25.3 Å². The number of nitrogens with zero attached hydrogens (tertiary/aromatic N) is 2. The lowest BCUT2D eigenvalue weighted by molar-refractivity contribution is 0.596. The van der Waals surface area contributed by atoms with Crippen LogP contribution in [-0.4, -0.2) is 45.3 Å². The summed E-state index contributed by atoms with van der Waals surface area (Å²) in [6.45, 7) is 7.72. The second-order valence-electron chi connectivity index (χ2n) is 7.68. The van der Waals surface area contributed by atoms with E-state index in [1.165, 1.54) is 5.56 Å². The predicted octanol–water partition coefficient (Wildman–Crippen LogP) is 3.36. The Morgan fingerprint density at radius 1 is 1.10 bits per heavy atom. The number of hydrogen-bond acceptors (Lipinski definition) is 6. The summed E-state index contributed by atoms with van der Waals surface area (Å²) < 4.78 is 25.4. The largest absolute Gasteiger partial charge is 0.383 e. The zero-order valence-corrected chi connectivity index (χ0v) is 18.3. The van der Waals surface area contributed by atoms with Gasteiger partial charge in [-0.1, -0.05) is 36.8 Å². The highest BCUT2D eigenvalue weighted by atomic mass is 32.2. The van der Waals surface area contributed by atoms with Gasteiger partial charge in [-0.25, -0.2) is 13.4 Å². The number of pyridine rings is 1. The number of anilines is 2. The lowest BCUT2D eigenvalue weighted by Gasteiger charge is -2.23. The highest BCUT2D eigenvalue weighted by Crippen LogP contribution is 2.31. The Labute approximate surface area is 178 Å². The molecule has 30 heavy (non-hydrogen) atoms. The van der Waals surface area contributed by atoms with E-state index >= 15 is 0 Å². The Hall–Kier alpha value is -2.64. The molecule has 0 saturated heterocycles. The highest BCUT2D eigenvalue weighted by Gasteiger charge is 2.26. The van der Waals surface area contributed by atoms with Gasteiger partial charge in [-0.2, -0.15) is 0 Å². The maximum absolute atomic E-state index is 12.7. The maximum Gasteiger partial charge on any atom is 0.180 e. The van der Waals surface area contributed by atoms with E-state index in [1.807, 2.05) is 24.3 Å². The molecule has 2 aromatic carbocycles. The van der Waals surface area contributed by atoms with Gasteiger partial charge in [0, 0.05) is 43.3 Å². The number of aryl methyl sites for hydroxylation is 1. The molecule has 1 aromatic heterocycles. The molecule has 7 heteroatoms. The van der Waals surface area contributed by atoms with Crippen LogP contribution < -0.4 is 15.5 Å². The van der Waals surface area contributed by atoms with E-state index in [2.05, 4.69) is 41.5 Å². The second kappa shape index (κ2) is 8.62. The number of benzene rings is 2. The van der Waals surface area contributed by atoms with E-state index in [1.54, 1.807) is 12.1 Å². The fourth-order valence-corrected chi connectivity index (χ4v) is 5.35. The van der Waals surface area contributed by atoms with Crippen molar-refractivity contribution in [3.8, 4) is 0 Å². The highest BCUT2D eigenvalue weighted by molar-refractivity contribution is 7.91. The molecule has 4 rings (SSSR count). The van der Waals surface area contributed by atoms with Crippen molar-refractivity contribution in [3.63, 3.8) is 0 Å². The number of nitrogens with one attached hydrogen (secondary N) is 2. The van der Waals surface area contributed by atoms with E-state index in [0.29, 0.717) is 18.0 Å². The van der Waals surface area contributed by atoms with Gasteiger partial charge in [0.1, 0.15) is 5.82 Å². The van der Waals surface area contributed by atoms with Gasteiger partial charge in [-0.05, 0) is 37.2 Å². The van der Waals surface area contributed by atoms with Crippen LogP contribution in [0.1, 0.15) is 18.1 Å². The Balaban J connectivity index is 1.72. The first-order valence-electron chi connectivity index (χ1n) is 10.4. The summed E-state index contributed by atoms with van der Waals surface area (Å²) in [5.41, 5.74) is 3.94. The van der Waals surface area contributed by atoms with E-state index in [0.717, 1.165) is 47.6 Å². The topological polar surface area (TPSA) is 74.3 Å². The van der Waals surface area contributed by atoms with Crippen LogP contribution in [0.3, 0.4) is 0 Å². The van der Waals surface area contributed by atoms with Crippen LogP contribution in [0.15, 0.2) is 53.4 Å². The normalized spacial score (nSPS) is 15.6. The summed E-state index contributed by atoms with van der Waals surface area (Å²) in [6, 6.07) is 15.6. The van der Waals surface area contributed by atoms with Crippen molar-refractivity contribution in [2.75, 3.05) is 42.1 Å². The smallest absolute Gasteiger partial charge is 0.180 e. The first-order chi connectivity index (χ1) is 14.5. The molecule has 1 aliphatic rings. The quantitative estimate of drug-likeness (QED) is 0.591. The van der Waals surface area contributed by atoms with Gasteiger partial charge in [-0.15, -0.1) is 0 Å². The van der Waals surface area contributed by atoms with E-state index < -0.39 is 9.84 Å². The van der Waals surface area contributed by atoms with Crippen molar-refractivity contribution < 1.29 is 8.42 Å². The SMILES string of the molecule is CCNCCNc1cc(N2CCS(=O)(=O)c3ccccc3C2)nc2ccc(C)cc12. The zero-order chi connectivity index (χ0) is 21.1. The summed E-state index contributed by atoms with van der Waals surface area (Å²) in [7, 11) is -3.29. The van der Waals surface area contributed by atoms with Crippen molar-refractivity contribution in [1.29, 1.82) is 0 Å². The average Bonchev–Trinajstić information content (AvgIpc) is 2.87. The molecule has 0 fully saturated rings. The molecule has 2 N–H and O–H groups in total. The molecule has 0 atom stereocenters. The zero-order valence-electron chi connectivity index (χ0n) is 17.5. The van der Waals surface area contributed by atoms with Crippen LogP contribution in [0.4, 0.5) is 11.5 Å². The first-order valence-corrected chi connectivity index (χ1v) is 12.0. The number of likely N-dealkylation sites (N-methyl/N-ethyl adjacent to an activating group) is 1. The Morgan fingerprint density at radius 2 is 1.93 bits per heavy atom. The second-order valence-corrected chi connectivity index (χ2v) is 9.75. The minimum atomic E-state index is -3.29. The average molecular weight is 425 g/mol. The van der Waals surface area contributed by atoms with Gasteiger partial charge in [0.2, 0.25) is 0 Å². The van der Waals surface area contributed by atoms with Gasteiger partial charge >= 0.3 is 0 Å². The minimum absolute atomic E-state index is 0.0841. The van der Waals surface area contributed by atoms with Crippen LogP contribution in [0, 0.1) is 6.92 Å². The van der Waals surface area contributed by atoms with Crippen molar-refractivity contribution in [3.05, 3.63) is 59.7 Å². The summed E-state index contributed by atoms with van der Waals surface area (Å²) in [5, 5.41) is 7.94. The first kappa shape index (κ1) is 20.6. The number of fused-ring (bicyclic) bond motifs is 2. The molecular formula is C23H28N4O2S. The van der Waals surface area contributed by atoms with E-state index in [4.69, 9.17) is 4.98 Å². The fraction of sp³-hybridized carbons (Fsp3) is 0.348. The van der Waals surface area contributed by atoms with Gasteiger partial charge < -0.3 is 15.5 Å². The number of hydrogen-bond donors (Lipinski definition) is 2. The lowest BCUT2D eigenvalue weighted by Crippen LogP contribution is -2.27. The van der Waals surface area contributed by atoms with Crippen LogP contribution in [0.5, 0.6) is 0 Å². The monoisotopic (exact) mass is 424 g/mol. The summed E-state index contributed by atoms with van der Waals surface area (Å²) in [6.07, 6.45) is 0. The molecule has 3 aromatic rings.